The van der Waals surface area contributed by atoms with Gasteiger partial charge in [-0.2, -0.15) is 0 Å². The van der Waals surface area contributed by atoms with Crippen LogP contribution in [0.1, 0.15) is 16.6 Å². The smallest absolute Gasteiger partial charge is 0.264 e. The average molecular weight is 371 g/mol. The number of rotatable bonds is 4. The molecule has 1 atom stereocenters. The second-order valence-corrected chi connectivity index (χ2v) is 7.19. The summed E-state index contributed by atoms with van der Waals surface area (Å²) in [7, 11) is 0. The molecular formula is C20H18FNO3S. The molecule has 1 aromatic heterocycles. The van der Waals surface area contributed by atoms with Gasteiger partial charge in [-0.25, -0.2) is 4.39 Å². The molecule has 2 aromatic carbocycles. The fourth-order valence-corrected chi connectivity index (χ4v) is 4.08. The van der Waals surface area contributed by atoms with Gasteiger partial charge in [0.15, 0.2) is 17.6 Å². The molecule has 1 aliphatic heterocycles. The number of ether oxygens (including phenoxy) is 2. The van der Waals surface area contributed by atoms with Gasteiger partial charge in [-0.15, -0.1) is 11.3 Å². The lowest BCUT2D eigenvalue weighted by Crippen LogP contribution is -2.43. The van der Waals surface area contributed by atoms with Crippen LogP contribution in [-0.4, -0.2) is 36.6 Å². The molecule has 4 nitrogen and oxygen atoms in total. The predicted molar refractivity (Wildman–Crippen MR) is 99.7 cm³/mol. The molecule has 0 unspecified atom stereocenters. The Balaban J connectivity index is 1.51. The zero-order chi connectivity index (χ0) is 18.1. The zero-order valence-corrected chi connectivity index (χ0v) is 15.1. The summed E-state index contributed by atoms with van der Waals surface area (Å²) in [6.07, 6.45) is -0.236. The van der Waals surface area contributed by atoms with E-state index in [0.717, 1.165) is 10.4 Å². The monoisotopic (exact) mass is 371 g/mol. The summed E-state index contributed by atoms with van der Waals surface area (Å²) in [6.45, 7) is 3.27. The molecule has 0 saturated carbocycles. The van der Waals surface area contributed by atoms with E-state index in [1.807, 2.05) is 37.3 Å². The Hall–Kier alpha value is -2.60. The molecule has 0 fully saturated rings. The first-order valence-electron chi connectivity index (χ1n) is 8.51. The summed E-state index contributed by atoms with van der Waals surface area (Å²) >= 11 is 1.31. The number of likely N-dealkylation sites (N-methyl/N-ethyl adjacent to an activating group) is 1. The SMILES string of the molecule is CCN(C[C@H]1COc2ccccc2O1)C(=O)c1cc2c(F)cccc2s1. The minimum atomic E-state index is -0.304. The summed E-state index contributed by atoms with van der Waals surface area (Å²) < 4.78 is 26.4. The predicted octanol–water partition coefficient (Wildman–Crippen LogP) is 4.34. The summed E-state index contributed by atoms with van der Waals surface area (Å²) in [6, 6.07) is 14.0. The highest BCUT2D eigenvalue weighted by atomic mass is 32.1. The van der Waals surface area contributed by atoms with Crippen LogP contribution in [0.5, 0.6) is 11.5 Å². The maximum Gasteiger partial charge on any atom is 0.264 e. The van der Waals surface area contributed by atoms with Crippen molar-refractivity contribution in [3.63, 3.8) is 0 Å². The van der Waals surface area contributed by atoms with Crippen LogP contribution in [0.3, 0.4) is 0 Å². The molecule has 0 saturated heterocycles. The molecule has 0 N–H and O–H groups in total. The van der Waals surface area contributed by atoms with Crippen molar-refractivity contribution in [2.75, 3.05) is 19.7 Å². The van der Waals surface area contributed by atoms with Gasteiger partial charge in [-0.1, -0.05) is 18.2 Å². The van der Waals surface area contributed by atoms with Crippen molar-refractivity contribution >= 4 is 27.3 Å². The van der Waals surface area contributed by atoms with Crippen LogP contribution in [0, 0.1) is 5.82 Å². The summed E-state index contributed by atoms with van der Waals surface area (Å²) in [5.41, 5.74) is 0. The molecule has 0 aliphatic carbocycles. The van der Waals surface area contributed by atoms with E-state index in [1.54, 1.807) is 17.0 Å². The van der Waals surface area contributed by atoms with E-state index in [4.69, 9.17) is 9.47 Å². The van der Waals surface area contributed by atoms with E-state index in [1.165, 1.54) is 17.4 Å². The van der Waals surface area contributed by atoms with Gasteiger partial charge < -0.3 is 14.4 Å². The van der Waals surface area contributed by atoms with Crippen LogP contribution in [0.2, 0.25) is 0 Å². The number of hydrogen-bond acceptors (Lipinski definition) is 4. The van der Waals surface area contributed by atoms with Crippen molar-refractivity contribution in [3.8, 4) is 11.5 Å². The Morgan fingerprint density at radius 3 is 2.81 bits per heavy atom. The first-order chi connectivity index (χ1) is 12.7. The summed E-state index contributed by atoms with van der Waals surface area (Å²) in [5.74, 6) is 0.992. The van der Waals surface area contributed by atoms with Crippen LogP contribution in [0.25, 0.3) is 10.1 Å². The molecule has 1 amide bonds. The Bertz CT molecular complexity index is 955. The van der Waals surface area contributed by atoms with E-state index in [0.29, 0.717) is 35.7 Å². The number of carbonyl (C=O) groups is 1. The van der Waals surface area contributed by atoms with E-state index in [9.17, 15) is 9.18 Å². The van der Waals surface area contributed by atoms with Gasteiger partial charge in [0, 0.05) is 16.6 Å². The number of hydrogen-bond donors (Lipinski definition) is 0. The number of nitrogens with zero attached hydrogens (tertiary/aromatic N) is 1. The topological polar surface area (TPSA) is 38.8 Å². The highest BCUT2D eigenvalue weighted by Gasteiger charge is 2.26. The lowest BCUT2D eigenvalue weighted by Gasteiger charge is -2.30. The molecule has 0 bridgehead atoms. The minimum absolute atomic E-state index is 0.115. The van der Waals surface area contributed by atoms with Gasteiger partial charge in [0.2, 0.25) is 0 Å². The second-order valence-electron chi connectivity index (χ2n) is 6.10. The zero-order valence-electron chi connectivity index (χ0n) is 14.3. The number of amides is 1. The highest BCUT2D eigenvalue weighted by molar-refractivity contribution is 7.20. The number of halogens is 1. The van der Waals surface area contributed by atoms with Crippen molar-refractivity contribution in [3.05, 3.63) is 59.2 Å². The molecule has 1 aliphatic rings. The van der Waals surface area contributed by atoms with Crippen LogP contribution in [0.15, 0.2) is 48.5 Å². The van der Waals surface area contributed by atoms with Crippen molar-refractivity contribution in [1.29, 1.82) is 0 Å². The first kappa shape index (κ1) is 16.8. The van der Waals surface area contributed by atoms with Crippen molar-refractivity contribution in [2.24, 2.45) is 0 Å². The van der Waals surface area contributed by atoms with Gasteiger partial charge in [0.1, 0.15) is 12.4 Å². The number of thiophene rings is 1. The Kier molecular flexibility index (Phi) is 4.51. The third-order valence-corrected chi connectivity index (χ3v) is 5.47. The molecule has 3 aromatic rings. The molecular weight excluding hydrogens is 353 g/mol. The largest absolute Gasteiger partial charge is 0.486 e. The van der Waals surface area contributed by atoms with Crippen molar-refractivity contribution in [1.82, 2.24) is 4.90 Å². The maximum absolute atomic E-state index is 13.9. The minimum Gasteiger partial charge on any atom is -0.486 e. The van der Waals surface area contributed by atoms with Gasteiger partial charge >= 0.3 is 0 Å². The van der Waals surface area contributed by atoms with E-state index in [2.05, 4.69) is 0 Å². The third-order valence-electron chi connectivity index (χ3n) is 4.38. The van der Waals surface area contributed by atoms with Crippen LogP contribution >= 0.6 is 11.3 Å². The van der Waals surface area contributed by atoms with Crippen molar-refractivity contribution < 1.29 is 18.7 Å². The Morgan fingerprint density at radius 1 is 1.23 bits per heavy atom. The fourth-order valence-electron chi connectivity index (χ4n) is 3.04. The Morgan fingerprint density at radius 2 is 2.04 bits per heavy atom. The number of benzene rings is 2. The second kappa shape index (κ2) is 6.96. The molecule has 0 radical (unpaired) electrons. The lowest BCUT2D eigenvalue weighted by atomic mass is 10.2. The standard InChI is InChI=1S/C20H18FNO3S/c1-2-22(11-13-12-24-16-7-3-4-8-17(16)25-13)20(23)19-10-14-15(21)6-5-9-18(14)26-19/h3-10,13H,2,11-12H2,1H3/t13-/m0/s1. The van der Waals surface area contributed by atoms with Crippen LogP contribution in [0.4, 0.5) is 4.39 Å². The third kappa shape index (κ3) is 3.12. The first-order valence-corrected chi connectivity index (χ1v) is 9.33. The molecule has 26 heavy (non-hydrogen) atoms. The Labute approximate surface area is 154 Å². The van der Waals surface area contributed by atoms with Crippen LogP contribution in [-0.2, 0) is 0 Å². The molecule has 2 heterocycles. The number of carbonyl (C=O) groups excluding carboxylic acids is 1. The van der Waals surface area contributed by atoms with Gasteiger partial charge in [0.05, 0.1) is 11.4 Å². The van der Waals surface area contributed by atoms with Gasteiger partial charge in [-0.3, -0.25) is 4.79 Å². The van der Waals surface area contributed by atoms with E-state index in [-0.39, 0.29) is 17.8 Å². The summed E-state index contributed by atoms with van der Waals surface area (Å²) in [5, 5.41) is 0.489. The number of fused-ring (bicyclic) bond motifs is 2. The fraction of sp³-hybridized carbons (Fsp3) is 0.250. The van der Waals surface area contributed by atoms with E-state index < -0.39 is 0 Å². The lowest BCUT2D eigenvalue weighted by molar-refractivity contribution is 0.0478. The summed E-state index contributed by atoms with van der Waals surface area (Å²) in [4.78, 5) is 15.1. The van der Waals surface area contributed by atoms with Gasteiger partial charge in [-0.05, 0) is 37.3 Å². The molecule has 6 heteroatoms. The van der Waals surface area contributed by atoms with Gasteiger partial charge in [0.25, 0.3) is 5.91 Å². The normalized spacial score (nSPS) is 15.8. The van der Waals surface area contributed by atoms with Crippen molar-refractivity contribution in [2.45, 2.75) is 13.0 Å². The number of para-hydroxylation sites is 2. The highest BCUT2D eigenvalue weighted by Crippen LogP contribution is 2.32. The molecule has 0 spiro atoms. The van der Waals surface area contributed by atoms with E-state index >= 15 is 0 Å². The molecule has 4 rings (SSSR count). The quantitative estimate of drug-likeness (QED) is 0.685. The average Bonchev–Trinajstić information content (AvgIpc) is 3.11. The van der Waals surface area contributed by atoms with Crippen LogP contribution < -0.4 is 9.47 Å². The maximum atomic E-state index is 13.9. The molecule has 134 valence electrons.